The number of nitrogens with one attached hydrogen (secondary N) is 1. The summed E-state index contributed by atoms with van der Waals surface area (Å²) in [6.07, 6.45) is 1.28. The fourth-order valence-corrected chi connectivity index (χ4v) is 2.54. The molecule has 0 aliphatic heterocycles. The van der Waals surface area contributed by atoms with Gasteiger partial charge in [0.2, 0.25) is 0 Å². The van der Waals surface area contributed by atoms with Crippen LogP contribution in [-0.4, -0.2) is 39.8 Å². The Morgan fingerprint density at radius 3 is 2.16 bits per heavy atom. The van der Waals surface area contributed by atoms with Gasteiger partial charge in [0, 0.05) is 11.0 Å². The molecular formula is C13H25NO4S. The van der Waals surface area contributed by atoms with Crippen molar-refractivity contribution in [3.05, 3.63) is 0 Å². The summed E-state index contributed by atoms with van der Waals surface area (Å²) in [5.41, 5.74) is -0.629. The quantitative estimate of drug-likeness (QED) is 0.754. The number of rotatable bonds is 7. The zero-order chi connectivity index (χ0) is 15.1. The maximum absolute atomic E-state index is 11.6. The molecule has 0 radical (unpaired) electrons. The first kappa shape index (κ1) is 18.1. The van der Waals surface area contributed by atoms with Gasteiger partial charge in [-0.3, -0.25) is 0 Å². The minimum absolute atomic E-state index is 0.348. The van der Waals surface area contributed by atoms with E-state index in [9.17, 15) is 9.59 Å². The van der Waals surface area contributed by atoms with Gasteiger partial charge in [-0.15, -0.1) is 0 Å². The van der Waals surface area contributed by atoms with Gasteiger partial charge in [0.05, 0.1) is 0 Å². The molecular weight excluding hydrogens is 266 g/mol. The molecule has 0 saturated heterocycles. The van der Waals surface area contributed by atoms with Crippen molar-refractivity contribution in [3.63, 3.8) is 0 Å². The topological polar surface area (TPSA) is 75.6 Å². The Bertz CT molecular complexity index is 298. The molecule has 0 bridgehead atoms. The fraction of sp³-hybridized carbons (Fsp3) is 0.846. The van der Waals surface area contributed by atoms with E-state index in [0.29, 0.717) is 11.0 Å². The minimum Gasteiger partial charge on any atom is -0.480 e. The average Bonchev–Trinajstić information content (AvgIpc) is 2.25. The van der Waals surface area contributed by atoms with Crippen LogP contribution < -0.4 is 5.32 Å². The standard InChI is InChI=1S/C13H25NO4S/c1-6-9(7-2)19-8-10(11(15)16)14-12(17)18-13(3,4)5/h9-10H,6-8H2,1-5H3,(H,14,17)(H,15,16)/t10-/m0/s1. The van der Waals surface area contributed by atoms with Crippen molar-refractivity contribution in [3.8, 4) is 0 Å². The van der Waals surface area contributed by atoms with E-state index in [0.717, 1.165) is 12.8 Å². The van der Waals surface area contributed by atoms with Crippen LogP contribution in [0.3, 0.4) is 0 Å². The number of amides is 1. The first-order chi connectivity index (χ1) is 8.69. The molecule has 0 aliphatic rings. The lowest BCUT2D eigenvalue weighted by Gasteiger charge is -2.22. The van der Waals surface area contributed by atoms with Crippen LogP contribution in [0.5, 0.6) is 0 Å². The van der Waals surface area contributed by atoms with Crippen LogP contribution in [0, 0.1) is 0 Å². The average molecular weight is 291 g/mol. The predicted octanol–water partition coefficient (Wildman–Crippen LogP) is 2.89. The first-order valence-corrected chi connectivity index (χ1v) is 7.58. The highest BCUT2D eigenvalue weighted by atomic mass is 32.2. The number of carboxylic acids is 1. The zero-order valence-corrected chi connectivity index (χ0v) is 13.2. The smallest absolute Gasteiger partial charge is 0.408 e. The molecule has 0 rings (SSSR count). The number of ether oxygens (including phenoxy) is 1. The van der Waals surface area contributed by atoms with E-state index in [1.165, 1.54) is 0 Å². The summed E-state index contributed by atoms with van der Waals surface area (Å²) in [5.74, 6) is -0.690. The van der Waals surface area contributed by atoms with E-state index in [-0.39, 0.29) is 0 Å². The van der Waals surface area contributed by atoms with Crippen molar-refractivity contribution in [2.45, 2.75) is 64.4 Å². The van der Waals surface area contributed by atoms with Gasteiger partial charge in [0.25, 0.3) is 0 Å². The van der Waals surface area contributed by atoms with Gasteiger partial charge in [0.15, 0.2) is 0 Å². The van der Waals surface area contributed by atoms with E-state index < -0.39 is 23.7 Å². The van der Waals surface area contributed by atoms with Gasteiger partial charge in [-0.2, -0.15) is 11.8 Å². The molecule has 0 aromatic carbocycles. The molecule has 1 amide bonds. The molecule has 0 fully saturated rings. The Labute approximate surface area is 119 Å². The second kappa shape index (κ2) is 8.30. The lowest BCUT2D eigenvalue weighted by Crippen LogP contribution is -2.45. The number of alkyl carbamates (subject to hydrolysis) is 1. The third kappa shape index (κ3) is 8.75. The lowest BCUT2D eigenvalue weighted by atomic mass is 10.2. The van der Waals surface area contributed by atoms with Crippen molar-refractivity contribution in [2.75, 3.05) is 5.75 Å². The summed E-state index contributed by atoms with van der Waals surface area (Å²) in [6.45, 7) is 9.35. The van der Waals surface area contributed by atoms with Crippen LogP contribution in [-0.2, 0) is 9.53 Å². The first-order valence-electron chi connectivity index (χ1n) is 6.53. The molecule has 0 saturated carbocycles. The zero-order valence-electron chi connectivity index (χ0n) is 12.4. The molecule has 0 aromatic heterocycles. The molecule has 1 atom stereocenters. The van der Waals surface area contributed by atoms with Crippen molar-refractivity contribution in [1.82, 2.24) is 5.32 Å². The number of carbonyl (C=O) groups is 2. The normalized spacial score (nSPS) is 13.2. The number of carbonyl (C=O) groups excluding carboxylic acids is 1. The number of carboxylic acid groups (broad SMARTS) is 1. The maximum Gasteiger partial charge on any atom is 0.408 e. The largest absolute Gasteiger partial charge is 0.480 e. The van der Waals surface area contributed by atoms with E-state index in [2.05, 4.69) is 19.2 Å². The molecule has 2 N–H and O–H groups in total. The number of hydrogen-bond donors (Lipinski definition) is 2. The maximum atomic E-state index is 11.6. The fourth-order valence-electron chi connectivity index (χ4n) is 1.38. The predicted molar refractivity (Wildman–Crippen MR) is 77.6 cm³/mol. The lowest BCUT2D eigenvalue weighted by molar-refractivity contribution is -0.138. The van der Waals surface area contributed by atoms with E-state index in [1.807, 2.05) is 0 Å². The third-order valence-electron chi connectivity index (χ3n) is 2.40. The molecule has 0 aromatic rings. The van der Waals surface area contributed by atoms with Gasteiger partial charge < -0.3 is 15.2 Å². The minimum atomic E-state index is -1.04. The van der Waals surface area contributed by atoms with Crippen molar-refractivity contribution in [1.29, 1.82) is 0 Å². The molecule has 0 aliphatic carbocycles. The Balaban J connectivity index is 4.34. The van der Waals surface area contributed by atoms with Crippen LogP contribution in [0.2, 0.25) is 0 Å². The summed E-state index contributed by atoms with van der Waals surface area (Å²) in [7, 11) is 0. The van der Waals surface area contributed by atoms with Crippen molar-refractivity contribution < 1.29 is 19.4 Å². The molecule has 0 unspecified atom stereocenters. The van der Waals surface area contributed by atoms with Gasteiger partial charge in [-0.05, 0) is 33.6 Å². The summed E-state index contributed by atoms with van der Waals surface area (Å²) in [5, 5.41) is 11.9. The Morgan fingerprint density at radius 1 is 1.26 bits per heavy atom. The van der Waals surface area contributed by atoms with Gasteiger partial charge >= 0.3 is 12.1 Å². The van der Waals surface area contributed by atoms with Crippen molar-refractivity contribution >= 4 is 23.8 Å². The van der Waals surface area contributed by atoms with Gasteiger partial charge in [-0.1, -0.05) is 13.8 Å². The molecule has 6 heteroatoms. The van der Waals surface area contributed by atoms with Gasteiger partial charge in [-0.25, -0.2) is 9.59 Å². The summed E-state index contributed by atoms with van der Waals surface area (Å²) >= 11 is 1.57. The molecule has 19 heavy (non-hydrogen) atoms. The Kier molecular flexibility index (Phi) is 7.90. The summed E-state index contributed by atoms with van der Waals surface area (Å²) in [6, 6.07) is -0.916. The van der Waals surface area contributed by atoms with Crippen LogP contribution in [0.15, 0.2) is 0 Å². The Morgan fingerprint density at radius 2 is 1.79 bits per heavy atom. The monoisotopic (exact) mass is 291 g/mol. The molecule has 5 nitrogen and oxygen atoms in total. The molecule has 0 spiro atoms. The van der Waals surface area contributed by atoms with Crippen LogP contribution >= 0.6 is 11.8 Å². The second-order valence-corrected chi connectivity index (χ2v) is 6.64. The van der Waals surface area contributed by atoms with Gasteiger partial charge in [0.1, 0.15) is 11.6 Å². The number of thioether (sulfide) groups is 1. The van der Waals surface area contributed by atoms with Crippen LogP contribution in [0.25, 0.3) is 0 Å². The Hall–Kier alpha value is -0.910. The highest BCUT2D eigenvalue weighted by Crippen LogP contribution is 2.19. The van der Waals surface area contributed by atoms with E-state index in [1.54, 1.807) is 32.5 Å². The number of hydrogen-bond acceptors (Lipinski definition) is 4. The summed E-state index contributed by atoms with van der Waals surface area (Å²) in [4.78, 5) is 22.7. The van der Waals surface area contributed by atoms with E-state index >= 15 is 0 Å². The molecule has 0 heterocycles. The second-order valence-electron chi connectivity index (χ2n) is 5.31. The highest BCUT2D eigenvalue weighted by Gasteiger charge is 2.24. The van der Waals surface area contributed by atoms with Crippen LogP contribution in [0.1, 0.15) is 47.5 Å². The van der Waals surface area contributed by atoms with Crippen molar-refractivity contribution in [2.24, 2.45) is 0 Å². The van der Waals surface area contributed by atoms with E-state index in [4.69, 9.17) is 9.84 Å². The number of aliphatic carboxylic acids is 1. The van der Waals surface area contributed by atoms with Crippen LogP contribution in [0.4, 0.5) is 4.79 Å². The molecule has 112 valence electrons. The summed E-state index contributed by atoms with van der Waals surface area (Å²) < 4.78 is 5.06. The third-order valence-corrected chi connectivity index (χ3v) is 4.06. The highest BCUT2D eigenvalue weighted by molar-refractivity contribution is 7.99. The SMILES string of the molecule is CCC(CC)SC[C@H](NC(=O)OC(C)(C)C)C(=O)O.